The molecule has 2 aromatic rings. The second kappa shape index (κ2) is 7.92. The first-order chi connectivity index (χ1) is 12.9. The fourth-order valence-electron chi connectivity index (χ4n) is 3.57. The van der Waals surface area contributed by atoms with Crippen molar-refractivity contribution >= 4 is 23.7 Å². The first-order valence-corrected chi connectivity index (χ1v) is 9.18. The Labute approximate surface area is 159 Å². The number of hydrogen-bond donors (Lipinski definition) is 2. The third-order valence-electron chi connectivity index (χ3n) is 5.01. The highest BCUT2D eigenvalue weighted by molar-refractivity contribution is 5.87. The highest BCUT2D eigenvalue weighted by Crippen LogP contribution is 2.25. The zero-order valence-corrected chi connectivity index (χ0v) is 16.4. The summed E-state index contributed by atoms with van der Waals surface area (Å²) in [5.41, 5.74) is 10.2. The number of hydrogen-bond acceptors (Lipinski definition) is 6. The number of piperidine rings is 1. The van der Waals surface area contributed by atoms with Gasteiger partial charge in [0.2, 0.25) is 5.95 Å². The Morgan fingerprint density at radius 2 is 1.89 bits per heavy atom. The van der Waals surface area contributed by atoms with Crippen LogP contribution in [-0.2, 0) is 4.74 Å². The van der Waals surface area contributed by atoms with Crippen LogP contribution in [0.4, 0.5) is 17.5 Å². The average Bonchev–Trinajstić information content (AvgIpc) is 2.62. The summed E-state index contributed by atoms with van der Waals surface area (Å²) in [6.07, 6.45) is 3.56. The number of benzene rings is 1. The van der Waals surface area contributed by atoms with Gasteiger partial charge in [-0.1, -0.05) is 17.7 Å². The topological polar surface area (TPSA) is 96.6 Å². The second-order valence-electron chi connectivity index (χ2n) is 7.12. The normalized spacial score (nSPS) is 15.6. The summed E-state index contributed by atoms with van der Waals surface area (Å²) in [5, 5.41) is 0. The molecule has 1 aliphatic heterocycles. The maximum absolute atomic E-state index is 12.6. The average molecular weight is 369 g/mol. The number of aryl methyl sites for hydroxylation is 3. The van der Waals surface area contributed by atoms with Gasteiger partial charge in [0.05, 0.1) is 11.8 Å². The van der Waals surface area contributed by atoms with Crippen LogP contribution in [0.5, 0.6) is 0 Å². The molecule has 2 heterocycles. The second-order valence-corrected chi connectivity index (χ2v) is 7.12. The van der Waals surface area contributed by atoms with Gasteiger partial charge in [-0.15, -0.1) is 0 Å². The summed E-state index contributed by atoms with van der Waals surface area (Å²) in [5.74, 6) is 0.695. The molecule has 144 valence electrons. The van der Waals surface area contributed by atoms with Gasteiger partial charge in [-0.3, -0.25) is 14.8 Å². The molecule has 1 aromatic heterocycles. The molecule has 27 heavy (non-hydrogen) atoms. The molecule has 0 amide bonds. The molecule has 0 spiro atoms. The van der Waals surface area contributed by atoms with Crippen LogP contribution in [0, 0.1) is 20.8 Å². The minimum atomic E-state index is -0.280. The molecular formula is C20H27N5O2. The van der Waals surface area contributed by atoms with Crippen molar-refractivity contribution in [3.05, 3.63) is 44.7 Å². The molecule has 0 unspecified atom stereocenters. The van der Waals surface area contributed by atoms with Crippen LogP contribution < -0.4 is 16.2 Å². The van der Waals surface area contributed by atoms with Crippen molar-refractivity contribution in [2.45, 2.75) is 39.7 Å². The minimum absolute atomic E-state index is 0.189. The zero-order chi connectivity index (χ0) is 19.6. The fraction of sp³-hybridized carbons (Fsp3) is 0.450. The number of ether oxygens (including phenoxy) is 1. The minimum Gasteiger partial charge on any atom is -0.383 e. The van der Waals surface area contributed by atoms with E-state index in [1.54, 1.807) is 7.11 Å². The standard InChI is InChI=1S/C20H27N5O2/c1-12-9-13(2)17(14(3)10-12)22-11-16-18(21)23-20(24-19(16)26)25-7-5-15(27-4)6-8-25/h9-11,15H,5-8H2,1-4H3,(H3,21,23,24,26). The number of nitrogens with two attached hydrogens (primary N) is 1. The number of anilines is 2. The van der Waals surface area contributed by atoms with Gasteiger partial charge in [0, 0.05) is 26.4 Å². The lowest BCUT2D eigenvalue weighted by Crippen LogP contribution is -2.38. The number of aliphatic imine (C=N–C) groups is 1. The molecule has 7 nitrogen and oxygen atoms in total. The Hall–Kier alpha value is -2.67. The number of aromatic amines is 1. The van der Waals surface area contributed by atoms with Crippen molar-refractivity contribution in [2.24, 2.45) is 4.99 Å². The van der Waals surface area contributed by atoms with Crippen LogP contribution in [0.25, 0.3) is 0 Å². The Balaban J connectivity index is 1.85. The lowest BCUT2D eigenvalue weighted by atomic mass is 10.1. The molecule has 0 radical (unpaired) electrons. The predicted octanol–water partition coefficient (Wildman–Crippen LogP) is 2.64. The van der Waals surface area contributed by atoms with Crippen molar-refractivity contribution in [3.8, 4) is 0 Å². The number of nitrogen functional groups attached to an aromatic ring is 1. The summed E-state index contributed by atoms with van der Waals surface area (Å²) < 4.78 is 5.38. The van der Waals surface area contributed by atoms with E-state index in [2.05, 4.69) is 27.1 Å². The van der Waals surface area contributed by atoms with E-state index in [1.807, 2.05) is 25.7 Å². The molecule has 1 fully saturated rings. The molecule has 3 rings (SSSR count). The SMILES string of the molecule is COC1CCN(c2nc(N)c(C=Nc3c(C)cc(C)cc3C)c(=O)[nH]2)CC1. The van der Waals surface area contributed by atoms with E-state index < -0.39 is 0 Å². The molecule has 0 saturated carbocycles. The number of aromatic nitrogens is 2. The van der Waals surface area contributed by atoms with Gasteiger partial charge >= 0.3 is 0 Å². The Bertz CT molecular complexity index is 888. The van der Waals surface area contributed by atoms with E-state index in [9.17, 15) is 4.79 Å². The Kier molecular flexibility index (Phi) is 5.60. The number of nitrogens with zero attached hydrogens (tertiary/aromatic N) is 3. The third-order valence-corrected chi connectivity index (χ3v) is 5.01. The molecule has 0 atom stereocenters. The van der Waals surface area contributed by atoms with Crippen LogP contribution in [0.3, 0.4) is 0 Å². The summed E-state index contributed by atoms with van der Waals surface area (Å²) in [6, 6.07) is 4.14. The maximum Gasteiger partial charge on any atom is 0.263 e. The van der Waals surface area contributed by atoms with Gasteiger partial charge in [-0.25, -0.2) is 0 Å². The molecule has 7 heteroatoms. The quantitative estimate of drug-likeness (QED) is 0.808. The lowest BCUT2D eigenvalue weighted by Gasteiger charge is -2.31. The van der Waals surface area contributed by atoms with Gasteiger partial charge < -0.3 is 15.4 Å². The van der Waals surface area contributed by atoms with E-state index in [1.165, 1.54) is 11.8 Å². The van der Waals surface area contributed by atoms with Crippen LogP contribution >= 0.6 is 0 Å². The molecule has 3 N–H and O–H groups in total. The van der Waals surface area contributed by atoms with E-state index >= 15 is 0 Å². The van der Waals surface area contributed by atoms with Crippen LogP contribution in [0.2, 0.25) is 0 Å². The lowest BCUT2D eigenvalue weighted by molar-refractivity contribution is 0.0816. The fourth-order valence-corrected chi connectivity index (χ4v) is 3.57. The summed E-state index contributed by atoms with van der Waals surface area (Å²) in [4.78, 5) is 26.3. The Morgan fingerprint density at radius 3 is 2.44 bits per heavy atom. The van der Waals surface area contributed by atoms with E-state index in [-0.39, 0.29) is 23.0 Å². The first-order valence-electron chi connectivity index (χ1n) is 9.18. The predicted molar refractivity (Wildman–Crippen MR) is 109 cm³/mol. The van der Waals surface area contributed by atoms with Crippen LogP contribution in [0.1, 0.15) is 35.1 Å². The van der Waals surface area contributed by atoms with Crippen LogP contribution in [0.15, 0.2) is 21.9 Å². The zero-order valence-electron chi connectivity index (χ0n) is 16.4. The third kappa shape index (κ3) is 4.19. The van der Waals surface area contributed by atoms with Gasteiger partial charge in [-0.2, -0.15) is 4.98 Å². The van der Waals surface area contributed by atoms with Crippen molar-refractivity contribution in [1.29, 1.82) is 0 Å². The number of methoxy groups -OCH3 is 1. The van der Waals surface area contributed by atoms with Crippen molar-refractivity contribution < 1.29 is 4.74 Å². The van der Waals surface area contributed by atoms with Crippen molar-refractivity contribution in [2.75, 3.05) is 30.8 Å². The van der Waals surface area contributed by atoms with Gasteiger partial charge in [-0.05, 0) is 44.7 Å². The molecule has 0 bridgehead atoms. The van der Waals surface area contributed by atoms with Gasteiger partial charge in [0.25, 0.3) is 5.56 Å². The van der Waals surface area contributed by atoms with Crippen LogP contribution in [-0.4, -0.2) is 42.5 Å². The first kappa shape index (κ1) is 19.1. The highest BCUT2D eigenvalue weighted by Gasteiger charge is 2.21. The number of rotatable bonds is 4. The summed E-state index contributed by atoms with van der Waals surface area (Å²) in [6.45, 7) is 7.61. The van der Waals surface area contributed by atoms with Crippen molar-refractivity contribution in [1.82, 2.24) is 9.97 Å². The monoisotopic (exact) mass is 369 g/mol. The van der Waals surface area contributed by atoms with E-state index in [4.69, 9.17) is 10.5 Å². The number of H-pyrrole nitrogens is 1. The smallest absolute Gasteiger partial charge is 0.263 e. The molecule has 1 aliphatic rings. The molecule has 0 aliphatic carbocycles. The molecule has 1 saturated heterocycles. The largest absolute Gasteiger partial charge is 0.383 e. The van der Waals surface area contributed by atoms with E-state index in [0.717, 1.165) is 42.7 Å². The van der Waals surface area contributed by atoms with Gasteiger partial charge in [0.1, 0.15) is 11.4 Å². The van der Waals surface area contributed by atoms with Gasteiger partial charge in [0.15, 0.2) is 0 Å². The maximum atomic E-state index is 12.6. The van der Waals surface area contributed by atoms with E-state index in [0.29, 0.717) is 5.95 Å². The van der Waals surface area contributed by atoms with Crippen molar-refractivity contribution in [3.63, 3.8) is 0 Å². The highest BCUT2D eigenvalue weighted by atomic mass is 16.5. The number of nitrogens with one attached hydrogen (secondary N) is 1. The Morgan fingerprint density at radius 1 is 1.26 bits per heavy atom. The molecule has 1 aromatic carbocycles. The summed E-state index contributed by atoms with van der Waals surface area (Å²) in [7, 11) is 1.73. The summed E-state index contributed by atoms with van der Waals surface area (Å²) >= 11 is 0. The molecular weight excluding hydrogens is 342 g/mol.